The molecule has 204 valence electrons. The SMILES string of the molecule is CCOc1ccc(-c2cn3c(C(=O)Nc4ccccc4OC)c(-c4ccc(OC)cc4)c4c3n2CCCC4)cc1. The van der Waals surface area contributed by atoms with Gasteiger partial charge in [0, 0.05) is 23.9 Å². The van der Waals surface area contributed by atoms with Gasteiger partial charge in [-0.2, -0.15) is 0 Å². The summed E-state index contributed by atoms with van der Waals surface area (Å²) < 4.78 is 21.1. The van der Waals surface area contributed by atoms with E-state index in [1.165, 1.54) is 5.56 Å². The van der Waals surface area contributed by atoms with E-state index in [1.807, 2.05) is 67.6 Å². The molecule has 0 saturated heterocycles. The Morgan fingerprint density at radius 1 is 0.875 bits per heavy atom. The van der Waals surface area contributed by atoms with Crippen molar-refractivity contribution >= 4 is 17.2 Å². The average molecular weight is 536 g/mol. The quantitative estimate of drug-likeness (QED) is 0.231. The van der Waals surface area contributed by atoms with Crippen LogP contribution in [0.1, 0.15) is 35.8 Å². The summed E-state index contributed by atoms with van der Waals surface area (Å²) in [4.78, 5) is 14.2. The molecule has 0 fully saturated rings. The molecule has 0 atom stereocenters. The number of benzene rings is 3. The highest BCUT2D eigenvalue weighted by atomic mass is 16.5. The smallest absolute Gasteiger partial charge is 0.273 e. The number of aromatic nitrogens is 2. The predicted molar refractivity (Wildman–Crippen MR) is 158 cm³/mol. The second-order valence-corrected chi connectivity index (χ2v) is 9.86. The Kier molecular flexibility index (Phi) is 6.95. The monoisotopic (exact) mass is 535 g/mol. The molecule has 0 bridgehead atoms. The van der Waals surface area contributed by atoms with Gasteiger partial charge >= 0.3 is 0 Å². The van der Waals surface area contributed by atoms with Crippen molar-refractivity contribution in [3.8, 4) is 39.6 Å². The molecule has 5 aromatic rings. The van der Waals surface area contributed by atoms with E-state index in [9.17, 15) is 4.79 Å². The van der Waals surface area contributed by atoms with Crippen molar-refractivity contribution in [2.75, 3.05) is 26.1 Å². The molecule has 3 heterocycles. The number of hydrogen-bond acceptors (Lipinski definition) is 4. The highest BCUT2D eigenvalue weighted by Crippen LogP contribution is 2.40. The summed E-state index contributed by atoms with van der Waals surface area (Å²) in [7, 11) is 3.27. The number of hydrogen-bond donors (Lipinski definition) is 1. The molecule has 0 aliphatic carbocycles. The fraction of sp³-hybridized carbons (Fsp3) is 0.242. The Hall–Kier alpha value is -4.65. The van der Waals surface area contributed by atoms with E-state index in [0.717, 1.165) is 65.3 Å². The van der Waals surface area contributed by atoms with Gasteiger partial charge in [-0.1, -0.05) is 24.3 Å². The number of carbonyl (C=O) groups excluding carboxylic acids is 1. The van der Waals surface area contributed by atoms with Gasteiger partial charge < -0.3 is 24.1 Å². The maximum atomic E-state index is 14.2. The van der Waals surface area contributed by atoms with Crippen LogP contribution >= 0.6 is 0 Å². The van der Waals surface area contributed by atoms with Crippen molar-refractivity contribution in [2.24, 2.45) is 0 Å². The number of carbonyl (C=O) groups is 1. The van der Waals surface area contributed by atoms with Crippen molar-refractivity contribution in [3.63, 3.8) is 0 Å². The number of nitrogens with one attached hydrogen (secondary N) is 1. The summed E-state index contributed by atoms with van der Waals surface area (Å²) in [6.45, 7) is 3.49. The normalized spacial score (nSPS) is 12.7. The number of rotatable bonds is 8. The van der Waals surface area contributed by atoms with Gasteiger partial charge in [0.15, 0.2) is 0 Å². The Morgan fingerprint density at radius 2 is 1.60 bits per heavy atom. The Balaban J connectivity index is 1.56. The lowest BCUT2D eigenvalue weighted by Gasteiger charge is -2.12. The Bertz CT molecular complexity index is 1660. The zero-order chi connectivity index (χ0) is 27.6. The van der Waals surface area contributed by atoms with Crippen molar-refractivity contribution in [1.82, 2.24) is 8.97 Å². The lowest BCUT2D eigenvalue weighted by Crippen LogP contribution is -2.16. The van der Waals surface area contributed by atoms with Gasteiger partial charge in [0.25, 0.3) is 5.91 Å². The summed E-state index contributed by atoms with van der Waals surface area (Å²) in [6.07, 6.45) is 5.10. The van der Waals surface area contributed by atoms with Crippen molar-refractivity contribution in [2.45, 2.75) is 32.7 Å². The van der Waals surface area contributed by atoms with Crippen LogP contribution in [0, 0.1) is 0 Å². The highest BCUT2D eigenvalue weighted by Gasteiger charge is 2.30. The fourth-order valence-electron chi connectivity index (χ4n) is 5.73. The minimum Gasteiger partial charge on any atom is -0.497 e. The van der Waals surface area contributed by atoms with E-state index >= 15 is 0 Å². The van der Waals surface area contributed by atoms with E-state index < -0.39 is 0 Å². The van der Waals surface area contributed by atoms with E-state index in [4.69, 9.17) is 14.2 Å². The first-order chi connectivity index (χ1) is 19.6. The van der Waals surface area contributed by atoms with Crippen LogP contribution in [0.4, 0.5) is 5.69 Å². The van der Waals surface area contributed by atoms with E-state index in [1.54, 1.807) is 14.2 Å². The minimum atomic E-state index is -0.187. The lowest BCUT2D eigenvalue weighted by molar-refractivity contribution is 0.102. The molecule has 6 rings (SSSR count). The van der Waals surface area contributed by atoms with Gasteiger partial charge in [-0.25, -0.2) is 0 Å². The molecule has 1 aliphatic rings. The van der Waals surface area contributed by atoms with Crippen LogP contribution in [0.3, 0.4) is 0 Å². The number of methoxy groups -OCH3 is 2. The number of nitrogens with zero attached hydrogens (tertiary/aromatic N) is 2. The van der Waals surface area contributed by atoms with Crippen LogP contribution in [0.5, 0.6) is 17.2 Å². The van der Waals surface area contributed by atoms with E-state index in [2.05, 4.69) is 32.6 Å². The number of ether oxygens (including phenoxy) is 3. The third kappa shape index (κ3) is 4.47. The molecular weight excluding hydrogens is 502 g/mol. The molecule has 0 spiro atoms. The summed E-state index contributed by atoms with van der Waals surface area (Å²) in [5.74, 6) is 2.05. The molecule has 0 saturated carbocycles. The first-order valence-corrected chi connectivity index (χ1v) is 13.7. The number of anilines is 1. The molecule has 7 heteroatoms. The fourth-order valence-corrected chi connectivity index (χ4v) is 5.73. The number of aryl methyl sites for hydroxylation is 2. The summed E-state index contributed by atoms with van der Waals surface area (Å²) in [5, 5.41) is 3.13. The number of imidazole rings is 1. The Morgan fingerprint density at radius 3 is 2.33 bits per heavy atom. The second-order valence-electron chi connectivity index (χ2n) is 9.86. The molecule has 1 aliphatic heterocycles. The second kappa shape index (κ2) is 10.8. The van der Waals surface area contributed by atoms with Gasteiger partial charge in [0.05, 0.1) is 32.2 Å². The standard InChI is InChI=1S/C33H33N3O4/c1-4-40-25-18-12-22(13-19-25)28-21-36-31(32(37)34-27-10-5-6-11-29(27)39-3)30(23-14-16-24(38-2)17-15-23)26-9-7-8-20-35(28)33(26)36/h5-6,10-19,21H,4,7-9,20H2,1-3H3,(H,34,37). The third-order valence-electron chi connectivity index (χ3n) is 7.54. The first kappa shape index (κ1) is 25.6. The molecule has 3 aromatic carbocycles. The third-order valence-corrected chi connectivity index (χ3v) is 7.54. The maximum Gasteiger partial charge on any atom is 0.273 e. The molecule has 1 amide bonds. The van der Waals surface area contributed by atoms with Gasteiger partial charge in [-0.05, 0) is 85.8 Å². The van der Waals surface area contributed by atoms with Crippen molar-refractivity contribution in [3.05, 3.63) is 90.3 Å². The van der Waals surface area contributed by atoms with Crippen molar-refractivity contribution in [1.29, 1.82) is 0 Å². The first-order valence-electron chi connectivity index (χ1n) is 13.7. The molecule has 0 unspecified atom stereocenters. The lowest BCUT2D eigenvalue weighted by atomic mass is 9.97. The zero-order valence-electron chi connectivity index (χ0n) is 23.1. The molecule has 7 nitrogen and oxygen atoms in total. The zero-order valence-corrected chi connectivity index (χ0v) is 23.1. The van der Waals surface area contributed by atoms with Crippen LogP contribution in [-0.2, 0) is 13.0 Å². The molecule has 0 radical (unpaired) electrons. The number of para-hydroxylation sites is 2. The van der Waals surface area contributed by atoms with Crippen LogP contribution < -0.4 is 19.5 Å². The topological polar surface area (TPSA) is 66.1 Å². The Labute approximate surface area is 233 Å². The van der Waals surface area contributed by atoms with Gasteiger partial charge in [0.1, 0.15) is 28.6 Å². The summed E-state index contributed by atoms with van der Waals surface area (Å²) in [6, 6.07) is 23.6. The van der Waals surface area contributed by atoms with Gasteiger partial charge in [-0.15, -0.1) is 0 Å². The van der Waals surface area contributed by atoms with Crippen LogP contribution in [0.15, 0.2) is 79.0 Å². The maximum absolute atomic E-state index is 14.2. The largest absolute Gasteiger partial charge is 0.497 e. The van der Waals surface area contributed by atoms with E-state index in [0.29, 0.717) is 23.7 Å². The highest BCUT2D eigenvalue weighted by molar-refractivity contribution is 6.10. The summed E-state index contributed by atoms with van der Waals surface area (Å²) in [5.41, 5.74) is 7.59. The molecule has 40 heavy (non-hydrogen) atoms. The summed E-state index contributed by atoms with van der Waals surface area (Å²) >= 11 is 0. The van der Waals surface area contributed by atoms with E-state index in [-0.39, 0.29) is 5.91 Å². The predicted octanol–water partition coefficient (Wildman–Crippen LogP) is 7.08. The average Bonchev–Trinajstić information content (AvgIpc) is 3.41. The molecule has 2 aromatic heterocycles. The van der Waals surface area contributed by atoms with Crippen molar-refractivity contribution < 1.29 is 19.0 Å². The van der Waals surface area contributed by atoms with Crippen LogP contribution in [0.2, 0.25) is 0 Å². The van der Waals surface area contributed by atoms with Gasteiger partial charge in [0.2, 0.25) is 0 Å². The molecule has 1 N–H and O–H groups in total. The number of amides is 1. The molecular formula is C33H33N3O4. The van der Waals surface area contributed by atoms with Crippen LogP contribution in [0.25, 0.3) is 28.0 Å². The minimum absolute atomic E-state index is 0.187. The van der Waals surface area contributed by atoms with Gasteiger partial charge in [-0.3, -0.25) is 9.20 Å². The van der Waals surface area contributed by atoms with Crippen LogP contribution in [-0.4, -0.2) is 35.7 Å².